The molecule has 2 heterocycles. The minimum Gasteiger partial charge on any atom is -0.368 e. The van der Waals surface area contributed by atoms with E-state index in [4.69, 9.17) is 0 Å². The fourth-order valence-corrected chi connectivity index (χ4v) is 1.77. The molecule has 0 bridgehead atoms. The summed E-state index contributed by atoms with van der Waals surface area (Å²) in [5.74, 6) is 1.13. The Balaban J connectivity index is 2.06. The summed E-state index contributed by atoms with van der Waals surface area (Å²) in [5, 5.41) is 7.81. The van der Waals surface area contributed by atoms with Crippen LogP contribution in [0.2, 0.25) is 0 Å². The molecule has 0 fully saturated rings. The average molecular weight is 185 g/mol. The van der Waals surface area contributed by atoms with Crippen LogP contribution < -0.4 is 5.32 Å². The molecule has 3 rings (SSSR count). The summed E-state index contributed by atoms with van der Waals surface area (Å²) in [6.45, 7) is 1.97. The van der Waals surface area contributed by atoms with Crippen LogP contribution >= 0.6 is 0 Å². The fraction of sp³-hybridized carbons (Fsp3) is 0.182. The molecule has 0 atom stereocenters. The lowest BCUT2D eigenvalue weighted by Gasteiger charge is -1.95. The highest BCUT2D eigenvalue weighted by Crippen LogP contribution is 2.23. The molecule has 1 aromatic heterocycles. The van der Waals surface area contributed by atoms with Crippen LogP contribution in [0.5, 0.6) is 0 Å². The zero-order valence-corrected chi connectivity index (χ0v) is 7.77. The number of rotatable bonds is 1. The van der Waals surface area contributed by atoms with E-state index >= 15 is 0 Å². The summed E-state index contributed by atoms with van der Waals surface area (Å²) in [6, 6.07) is 12.4. The standard InChI is InChI=1S/C11H11N3/c1-2-4-9(5-3-1)10-8-11-12-6-7-14(11)13-10/h1-5,8,12H,6-7H2. The van der Waals surface area contributed by atoms with Crippen LogP contribution in [0.4, 0.5) is 5.82 Å². The highest BCUT2D eigenvalue weighted by atomic mass is 15.4. The van der Waals surface area contributed by atoms with Gasteiger partial charge >= 0.3 is 0 Å². The number of nitrogens with one attached hydrogen (secondary N) is 1. The lowest BCUT2D eigenvalue weighted by Crippen LogP contribution is -1.96. The maximum absolute atomic E-state index is 4.52. The molecule has 0 spiro atoms. The molecule has 2 aromatic rings. The van der Waals surface area contributed by atoms with Gasteiger partial charge in [0.25, 0.3) is 0 Å². The number of aromatic nitrogens is 2. The first-order chi connectivity index (χ1) is 6.93. The van der Waals surface area contributed by atoms with Gasteiger partial charge in [0.1, 0.15) is 5.82 Å². The number of nitrogens with zero attached hydrogens (tertiary/aromatic N) is 2. The van der Waals surface area contributed by atoms with Crippen LogP contribution in [0.25, 0.3) is 11.3 Å². The van der Waals surface area contributed by atoms with E-state index in [2.05, 4.69) is 28.6 Å². The van der Waals surface area contributed by atoms with Gasteiger partial charge in [-0.05, 0) is 0 Å². The number of hydrogen-bond acceptors (Lipinski definition) is 2. The number of anilines is 1. The minimum absolute atomic E-state index is 0.974. The van der Waals surface area contributed by atoms with E-state index in [1.165, 1.54) is 5.56 Å². The predicted molar refractivity (Wildman–Crippen MR) is 56.2 cm³/mol. The van der Waals surface area contributed by atoms with Crippen LogP contribution in [0.3, 0.4) is 0 Å². The highest BCUT2D eigenvalue weighted by molar-refractivity contribution is 5.63. The van der Waals surface area contributed by atoms with Crippen molar-refractivity contribution in [2.45, 2.75) is 6.54 Å². The Morgan fingerprint density at radius 3 is 2.86 bits per heavy atom. The van der Waals surface area contributed by atoms with E-state index < -0.39 is 0 Å². The summed E-state index contributed by atoms with van der Waals surface area (Å²) in [7, 11) is 0. The van der Waals surface area contributed by atoms with Gasteiger partial charge in [0.15, 0.2) is 0 Å². The molecule has 0 unspecified atom stereocenters. The van der Waals surface area contributed by atoms with Crippen molar-refractivity contribution in [3.63, 3.8) is 0 Å². The molecule has 0 aliphatic carbocycles. The van der Waals surface area contributed by atoms with Gasteiger partial charge in [0.2, 0.25) is 0 Å². The molecule has 0 amide bonds. The normalized spacial score (nSPS) is 13.7. The van der Waals surface area contributed by atoms with Crippen LogP contribution in [-0.4, -0.2) is 16.3 Å². The molecule has 0 saturated heterocycles. The number of fused-ring (bicyclic) bond motifs is 1. The van der Waals surface area contributed by atoms with Crippen molar-refractivity contribution >= 4 is 5.82 Å². The summed E-state index contributed by atoms with van der Waals surface area (Å²) >= 11 is 0. The first-order valence-corrected chi connectivity index (χ1v) is 4.81. The molecular weight excluding hydrogens is 174 g/mol. The second-order valence-electron chi connectivity index (χ2n) is 3.43. The van der Waals surface area contributed by atoms with Gasteiger partial charge in [-0.2, -0.15) is 5.10 Å². The van der Waals surface area contributed by atoms with E-state index in [-0.39, 0.29) is 0 Å². The maximum atomic E-state index is 4.52. The zero-order chi connectivity index (χ0) is 9.38. The molecule has 3 nitrogen and oxygen atoms in total. The van der Waals surface area contributed by atoms with Crippen molar-refractivity contribution in [2.24, 2.45) is 0 Å². The Morgan fingerprint density at radius 1 is 1.21 bits per heavy atom. The predicted octanol–water partition coefficient (Wildman–Crippen LogP) is 1.98. The Morgan fingerprint density at radius 2 is 2.07 bits per heavy atom. The van der Waals surface area contributed by atoms with Gasteiger partial charge in [0.05, 0.1) is 12.2 Å². The van der Waals surface area contributed by atoms with Crippen molar-refractivity contribution in [1.82, 2.24) is 9.78 Å². The van der Waals surface area contributed by atoms with E-state index in [0.717, 1.165) is 24.6 Å². The van der Waals surface area contributed by atoms with Gasteiger partial charge in [-0.1, -0.05) is 30.3 Å². The lowest BCUT2D eigenvalue weighted by atomic mass is 10.2. The van der Waals surface area contributed by atoms with E-state index in [1.54, 1.807) is 0 Å². The maximum Gasteiger partial charge on any atom is 0.125 e. The van der Waals surface area contributed by atoms with Gasteiger partial charge in [0, 0.05) is 18.2 Å². The zero-order valence-electron chi connectivity index (χ0n) is 7.77. The topological polar surface area (TPSA) is 29.9 Å². The third-order valence-electron chi connectivity index (χ3n) is 2.48. The van der Waals surface area contributed by atoms with Crippen molar-refractivity contribution in [3.8, 4) is 11.3 Å². The van der Waals surface area contributed by atoms with Crippen LogP contribution in [0, 0.1) is 0 Å². The molecule has 1 aliphatic rings. The lowest BCUT2D eigenvalue weighted by molar-refractivity contribution is 0.699. The third-order valence-corrected chi connectivity index (χ3v) is 2.48. The summed E-state index contributed by atoms with van der Waals surface area (Å²) in [4.78, 5) is 0. The Bertz CT molecular complexity index is 423. The molecule has 0 radical (unpaired) electrons. The van der Waals surface area contributed by atoms with Gasteiger partial charge in [-0.15, -0.1) is 0 Å². The van der Waals surface area contributed by atoms with E-state index in [1.807, 2.05) is 22.9 Å². The van der Waals surface area contributed by atoms with Crippen molar-refractivity contribution in [3.05, 3.63) is 36.4 Å². The van der Waals surface area contributed by atoms with Gasteiger partial charge < -0.3 is 5.32 Å². The SMILES string of the molecule is c1ccc(-c2cc3n(n2)CCN3)cc1. The molecular formula is C11H11N3. The van der Waals surface area contributed by atoms with E-state index in [9.17, 15) is 0 Å². The largest absolute Gasteiger partial charge is 0.368 e. The fourth-order valence-electron chi connectivity index (χ4n) is 1.77. The summed E-state index contributed by atoms with van der Waals surface area (Å²) in [6.07, 6.45) is 0. The molecule has 1 aromatic carbocycles. The first-order valence-electron chi connectivity index (χ1n) is 4.81. The smallest absolute Gasteiger partial charge is 0.125 e. The second kappa shape index (κ2) is 2.87. The second-order valence-corrected chi connectivity index (χ2v) is 3.43. The summed E-state index contributed by atoms with van der Waals surface area (Å²) < 4.78 is 2.02. The van der Waals surface area contributed by atoms with Crippen LogP contribution in [0.1, 0.15) is 0 Å². The van der Waals surface area contributed by atoms with Crippen molar-refractivity contribution in [1.29, 1.82) is 0 Å². The quantitative estimate of drug-likeness (QED) is 0.736. The monoisotopic (exact) mass is 185 g/mol. The molecule has 1 aliphatic heterocycles. The van der Waals surface area contributed by atoms with Crippen molar-refractivity contribution < 1.29 is 0 Å². The Kier molecular flexibility index (Phi) is 1.56. The third kappa shape index (κ3) is 1.09. The first kappa shape index (κ1) is 7.62. The molecule has 14 heavy (non-hydrogen) atoms. The molecule has 1 N–H and O–H groups in total. The van der Waals surface area contributed by atoms with Gasteiger partial charge in [-0.3, -0.25) is 0 Å². The summed E-state index contributed by atoms with van der Waals surface area (Å²) in [5.41, 5.74) is 2.23. The Hall–Kier alpha value is -1.77. The van der Waals surface area contributed by atoms with E-state index in [0.29, 0.717) is 0 Å². The number of benzene rings is 1. The van der Waals surface area contributed by atoms with Crippen LogP contribution in [-0.2, 0) is 6.54 Å². The highest BCUT2D eigenvalue weighted by Gasteiger charge is 2.12. The molecule has 3 heteroatoms. The van der Waals surface area contributed by atoms with Gasteiger partial charge in [-0.25, -0.2) is 4.68 Å². The molecule has 0 saturated carbocycles. The minimum atomic E-state index is 0.974. The van der Waals surface area contributed by atoms with Crippen LogP contribution in [0.15, 0.2) is 36.4 Å². The van der Waals surface area contributed by atoms with Crippen molar-refractivity contribution in [2.75, 3.05) is 11.9 Å². The number of hydrogen-bond donors (Lipinski definition) is 1. The molecule has 70 valence electrons. The Labute approximate surface area is 82.4 Å². The average Bonchev–Trinajstić information content (AvgIpc) is 2.78.